The van der Waals surface area contributed by atoms with Gasteiger partial charge in [0.1, 0.15) is 29.7 Å². The summed E-state index contributed by atoms with van der Waals surface area (Å²) in [5, 5.41) is 4.11. The summed E-state index contributed by atoms with van der Waals surface area (Å²) in [6.45, 7) is 2.99. The zero-order valence-corrected chi connectivity index (χ0v) is 18.9. The second kappa shape index (κ2) is 9.53. The van der Waals surface area contributed by atoms with Gasteiger partial charge < -0.3 is 19.2 Å². The topological polar surface area (TPSA) is 77.8 Å². The monoisotopic (exact) mass is 455 g/mol. The summed E-state index contributed by atoms with van der Waals surface area (Å²) < 4.78 is 16.8. The van der Waals surface area contributed by atoms with E-state index in [1.54, 1.807) is 18.2 Å². The van der Waals surface area contributed by atoms with Crippen LogP contribution in [0.3, 0.4) is 0 Å². The summed E-state index contributed by atoms with van der Waals surface area (Å²) in [4.78, 5) is 24.5. The van der Waals surface area contributed by atoms with Crippen LogP contribution in [0.4, 0.5) is 0 Å². The predicted octanol–water partition coefficient (Wildman–Crippen LogP) is 5.42. The highest BCUT2D eigenvalue weighted by Crippen LogP contribution is 2.31. The van der Waals surface area contributed by atoms with Gasteiger partial charge in [0, 0.05) is 10.9 Å². The van der Waals surface area contributed by atoms with Gasteiger partial charge in [0.05, 0.1) is 5.56 Å². The molecular formula is C28H25NO5. The average Bonchev–Trinajstić information content (AvgIpc) is 3.52. The van der Waals surface area contributed by atoms with E-state index >= 15 is 0 Å². The molecule has 1 atom stereocenters. The molecule has 1 fully saturated rings. The highest BCUT2D eigenvalue weighted by Gasteiger charge is 2.26. The third kappa shape index (κ3) is 4.72. The van der Waals surface area contributed by atoms with Gasteiger partial charge in [-0.1, -0.05) is 42.5 Å². The largest absolute Gasteiger partial charge is 0.489 e. The number of furan rings is 1. The molecule has 0 spiro atoms. The molecule has 6 nitrogen and oxygen atoms in total. The fraction of sp³-hybridized carbons (Fsp3) is 0.214. The van der Waals surface area contributed by atoms with Crippen LogP contribution < -0.4 is 10.1 Å². The number of aryl methyl sites for hydroxylation is 1. The van der Waals surface area contributed by atoms with Crippen molar-refractivity contribution < 1.29 is 23.5 Å². The molecule has 34 heavy (non-hydrogen) atoms. The minimum atomic E-state index is -0.646. The molecule has 6 heteroatoms. The third-order valence-electron chi connectivity index (χ3n) is 5.94. The number of benzene rings is 3. The van der Waals surface area contributed by atoms with E-state index in [4.69, 9.17) is 13.9 Å². The van der Waals surface area contributed by atoms with Gasteiger partial charge in [-0.05, 0) is 67.8 Å². The number of rotatable bonds is 6. The Labute approximate surface area is 197 Å². The van der Waals surface area contributed by atoms with Crippen LogP contribution in [-0.4, -0.2) is 24.5 Å². The molecule has 2 heterocycles. The SMILES string of the molecule is Cc1cc2cccc(-c3ccc(OCc4cccc(C(=O)OC(=O)[C@@H]5CCCN5)c4)cc3)c2o1. The Morgan fingerprint density at radius 1 is 1.03 bits per heavy atom. The van der Waals surface area contributed by atoms with Gasteiger partial charge in [0.2, 0.25) is 0 Å². The lowest BCUT2D eigenvalue weighted by molar-refractivity contribution is -0.139. The molecule has 4 aromatic rings. The highest BCUT2D eigenvalue weighted by atomic mass is 16.6. The van der Waals surface area contributed by atoms with Crippen LogP contribution in [0.5, 0.6) is 5.75 Å². The molecule has 1 aromatic heterocycles. The van der Waals surface area contributed by atoms with E-state index in [0.717, 1.165) is 46.4 Å². The number of ether oxygens (including phenoxy) is 2. The first-order valence-electron chi connectivity index (χ1n) is 11.4. The predicted molar refractivity (Wildman–Crippen MR) is 129 cm³/mol. The maximum Gasteiger partial charge on any atom is 0.345 e. The molecule has 172 valence electrons. The van der Waals surface area contributed by atoms with E-state index in [9.17, 15) is 9.59 Å². The van der Waals surface area contributed by atoms with Crippen LogP contribution in [0.25, 0.3) is 22.1 Å². The lowest BCUT2D eigenvalue weighted by Crippen LogP contribution is -2.33. The summed E-state index contributed by atoms with van der Waals surface area (Å²) >= 11 is 0. The Morgan fingerprint density at radius 3 is 2.65 bits per heavy atom. The van der Waals surface area contributed by atoms with Crippen molar-refractivity contribution in [3.05, 3.63) is 89.7 Å². The normalized spacial score (nSPS) is 15.4. The van der Waals surface area contributed by atoms with Crippen molar-refractivity contribution in [3.63, 3.8) is 0 Å². The molecule has 0 aliphatic carbocycles. The number of hydrogen-bond donors (Lipinski definition) is 1. The Hall–Kier alpha value is -3.90. The first kappa shape index (κ1) is 21.9. The van der Waals surface area contributed by atoms with Crippen LogP contribution in [0.1, 0.15) is 34.5 Å². The molecule has 0 amide bonds. The van der Waals surface area contributed by atoms with E-state index in [0.29, 0.717) is 17.7 Å². The van der Waals surface area contributed by atoms with E-state index in [1.165, 1.54) is 0 Å². The van der Waals surface area contributed by atoms with Crippen molar-refractivity contribution in [1.82, 2.24) is 5.32 Å². The average molecular weight is 456 g/mol. The van der Waals surface area contributed by atoms with Crippen molar-refractivity contribution in [1.29, 1.82) is 0 Å². The first-order chi connectivity index (χ1) is 16.6. The second-order valence-electron chi connectivity index (χ2n) is 8.45. The van der Waals surface area contributed by atoms with Crippen molar-refractivity contribution in [2.75, 3.05) is 6.54 Å². The lowest BCUT2D eigenvalue weighted by atomic mass is 10.0. The number of esters is 2. The molecule has 1 aliphatic heterocycles. The number of hydrogen-bond acceptors (Lipinski definition) is 6. The first-order valence-corrected chi connectivity index (χ1v) is 11.4. The van der Waals surface area contributed by atoms with Gasteiger partial charge in [-0.25, -0.2) is 9.59 Å². The Bertz CT molecular complexity index is 1330. The number of carbonyl (C=O) groups is 2. The standard InChI is InChI=1S/C28H25NO5/c1-18-15-21-6-3-8-24(26(21)33-18)20-10-12-23(13-11-20)32-17-19-5-2-7-22(16-19)27(30)34-28(31)25-9-4-14-29-25/h2-3,5-8,10-13,15-16,25,29H,4,9,14,17H2,1H3/t25-/m0/s1. The van der Waals surface area contributed by atoms with E-state index < -0.39 is 18.0 Å². The van der Waals surface area contributed by atoms with Crippen LogP contribution in [-0.2, 0) is 16.1 Å². The molecule has 3 aromatic carbocycles. The molecule has 1 aliphatic rings. The molecule has 1 N–H and O–H groups in total. The van der Waals surface area contributed by atoms with Crippen LogP contribution in [0.2, 0.25) is 0 Å². The van der Waals surface area contributed by atoms with Gasteiger partial charge in [0.15, 0.2) is 0 Å². The zero-order valence-electron chi connectivity index (χ0n) is 18.9. The van der Waals surface area contributed by atoms with Crippen LogP contribution in [0, 0.1) is 6.92 Å². The van der Waals surface area contributed by atoms with Crippen molar-refractivity contribution in [2.45, 2.75) is 32.4 Å². The van der Waals surface area contributed by atoms with E-state index in [-0.39, 0.29) is 6.61 Å². The van der Waals surface area contributed by atoms with Crippen molar-refractivity contribution in [3.8, 4) is 16.9 Å². The molecule has 0 saturated carbocycles. The summed E-state index contributed by atoms with van der Waals surface area (Å²) in [7, 11) is 0. The smallest absolute Gasteiger partial charge is 0.345 e. The summed E-state index contributed by atoms with van der Waals surface area (Å²) in [5.74, 6) is 0.423. The van der Waals surface area contributed by atoms with Gasteiger partial charge in [-0.2, -0.15) is 0 Å². The van der Waals surface area contributed by atoms with E-state index in [1.807, 2.05) is 61.5 Å². The number of fused-ring (bicyclic) bond motifs is 1. The fourth-order valence-corrected chi connectivity index (χ4v) is 4.21. The minimum absolute atomic E-state index is 0.283. The number of nitrogens with one attached hydrogen (secondary N) is 1. The zero-order chi connectivity index (χ0) is 23.5. The number of carbonyl (C=O) groups excluding carboxylic acids is 2. The van der Waals surface area contributed by atoms with E-state index in [2.05, 4.69) is 5.32 Å². The summed E-state index contributed by atoms with van der Waals surface area (Å²) in [5.41, 5.74) is 4.08. The van der Waals surface area contributed by atoms with Crippen LogP contribution in [0.15, 0.2) is 77.2 Å². The molecule has 0 radical (unpaired) electrons. The quantitative estimate of drug-likeness (QED) is 0.309. The minimum Gasteiger partial charge on any atom is -0.489 e. The Kier molecular flexibility index (Phi) is 6.14. The highest BCUT2D eigenvalue weighted by molar-refractivity contribution is 5.98. The molecular weight excluding hydrogens is 430 g/mol. The fourth-order valence-electron chi connectivity index (χ4n) is 4.21. The lowest BCUT2D eigenvalue weighted by Gasteiger charge is -2.10. The Balaban J connectivity index is 1.23. The number of para-hydroxylation sites is 1. The maximum absolute atomic E-state index is 12.4. The van der Waals surface area contributed by atoms with Gasteiger partial charge in [0.25, 0.3) is 0 Å². The van der Waals surface area contributed by atoms with Gasteiger partial charge >= 0.3 is 11.9 Å². The second-order valence-corrected chi connectivity index (χ2v) is 8.45. The molecule has 0 unspecified atom stereocenters. The van der Waals surface area contributed by atoms with Gasteiger partial charge in [-0.3, -0.25) is 0 Å². The summed E-state index contributed by atoms with van der Waals surface area (Å²) in [6, 6.07) is 22.5. The molecule has 5 rings (SSSR count). The molecule has 0 bridgehead atoms. The third-order valence-corrected chi connectivity index (χ3v) is 5.94. The Morgan fingerprint density at radius 2 is 1.85 bits per heavy atom. The summed E-state index contributed by atoms with van der Waals surface area (Å²) in [6.07, 6.45) is 1.59. The van der Waals surface area contributed by atoms with Crippen molar-refractivity contribution in [2.24, 2.45) is 0 Å². The van der Waals surface area contributed by atoms with Gasteiger partial charge in [-0.15, -0.1) is 0 Å². The van der Waals surface area contributed by atoms with Crippen LogP contribution >= 0.6 is 0 Å². The maximum atomic E-state index is 12.4. The van der Waals surface area contributed by atoms with Crippen molar-refractivity contribution >= 4 is 22.9 Å². The molecule has 1 saturated heterocycles.